The Balaban J connectivity index is 1.44. The van der Waals surface area contributed by atoms with Gasteiger partial charge in [-0.3, -0.25) is 4.79 Å². The molecule has 0 unspecified atom stereocenters. The molecule has 5 nitrogen and oxygen atoms in total. The fourth-order valence-corrected chi connectivity index (χ4v) is 3.78. The normalized spacial score (nSPS) is 13.5. The number of carbonyl (C=O) groups excluding carboxylic acids is 1. The zero-order chi connectivity index (χ0) is 19.1. The van der Waals surface area contributed by atoms with E-state index in [0.717, 1.165) is 23.2 Å². The van der Waals surface area contributed by atoms with E-state index in [1.165, 1.54) is 11.1 Å². The third-order valence-electron chi connectivity index (χ3n) is 5.27. The monoisotopic (exact) mass is 369 g/mol. The molecule has 1 amide bonds. The second kappa shape index (κ2) is 6.53. The first-order valence-electron chi connectivity index (χ1n) is 9.31. The number of carbonyl (C=O) groups is 1. The van der Waals surface area contributed by atoms with Crippen molar-refractivity contribution in [2.24, 2.45) is 0 Å². The van der Waals surface area contributed by atoms with E-state index in [4.69, 9.17) is 0 Å². The van der Waals surface area contributed by atoms with Gasteiger partial charge in [0.15, 0.2) is 0 Å². The van der Waals surface area contributed by atoms with Crippen LogP contribution in [0.15, 0.2) is 73.1 Å². The van der Waals surface area contributed by atoms with Crippen molar-refractivity contribution in [1.82, 2.24) is 14.3 Å². The van der Waals surface area contributed by atoms with Crippen LogP contribution in [0.4, 0.5) is 0 Å². The summed E-state index contributed by atoms with van der Waals surface area (Å²) in [6, 6.07) is 19.2. The molecule has 4 aromatic rings. The Morgan fingerprint density at radius 3 is 2.64 bits per heavy atom. The first-order chi connectivity index (χ1) is 13.7. The van der Waals surface area contributed by atoms with Crippen LogP contribution in [0.25, 0.3) is 16.8 Å². The lowest BCUT2D eigenvalue weighted by molar-refractivity contribution is 0.0729. The molecule has 0 bridgehead atoms. The maximum Gasteiger partial charge on any atom is 0.274 e. The van der Waals surface area contributed by atoms with Crippen molar-refractivity contribution in [1.29, 1.82) is 0 Å². The molecule has 0 spiro atoms. The molecule has 1 N–H and O–H groups in total. The van der Waals surface area contributed by atoms with E-state index in [2.05, 4.69) is 17.1 Å². The van der Waals surface area contributed by atoms with Crippen molar-refractivity contribution in [2.45, 2.75) is 13.0 Å². The molecule has 3 heterocycles. The standard InChI is InChI=1S/C23H19N3O2/c27-20-7-3-6-17(12-20)19-8-9-22-24-21(15-26(22)14-19)23(28)25-11-10-16-4-1-2-5-18(16)13-25/h1-9,12,14-15,27H,10-11,13H2. The molecule has 1 aliphatic rings. The SMILES string of the molecule is O=C(c1cn2cc(-c3cccc(O)c3)ccc2n1)N1CCc2ccccc2C1. The molecule has 2 aromatic carbocycles. The van der Waals surface area contributed by atoms with Gasteiger partial charge in [-0.25, -0.2) is 4.98 Å². The van der Waals surface area contributed by atoms with Crippen LogP contribution < -0.4 is 0 Å². The van der Waals surface area contributed by atoms with Crippen LogP contribution in [0.3, 0.4) is 0 Å². The maximum absolute atomic E-state index is 13.0. The molecule has 138 valence electrons. The smallest absolute Gasteiger partial charge is 0.274 e. The predicted molar refractivity (Wildman–Crippen MR) is 107 cm³/mol. The van der Waals surface area contributed by atoms with Gasteiger partial charge >= 0.3 is 0 Å². The van der Waals surface area contributed by atoms with E-state index < -0.39 is 0 Å². The Hall–Kier alpha value is -3.60. The van der Waals surface area contributed by atoms with Crippen molar-refractivity contribution < 1.29 is 9.90 Å². The summed E-state index contributed by atoms with van der Waals surface area (Å²) in [6.07, 6.45) is 4.58. The van der Waals surface area contributed by atoms with Crippen molar-refractivity contribution in [2.75, 3.05) is 6.54 Å². The number of fused-ring (bicyclic) bond motifs is 2. The molecule has 0 aliphatic carbocycles. The molecular formula is C23H19N3O2. The van der Waals surface area contributed by atoms with Crippen LogP contribution in [0.5, 0.6) is 5.75 Å². The minimum Gasteiger partial charge on any atom is -0.508 e. The largest absolute Gasteiger partial charge is 0.508 e. The molecular weight excluding hydrogens is 350 g/mol. The third-order valence-corrected chi connectivity index (χ3v) is 5.27. The van der Waals surface area contributed by atoms with Crippen LogP contribution in [0.1, 0.15) is 21.6 Å². The Bertz CT molecular complexity index is 1200. The summed E-state index contributed by atoms with van der Waals surface area (Å²) in [7, 11) is 0. The van der Waals surface area contributed by atoms with Gasteiger partial charge in [-0.05, 0) is 52.9 Å². The van der Waals surface area contributed by atoms with Crippen molar-refractivity contribution >= 4 is 11.6 Å². The quantitative estimate of drug-likeness (QED) is 0.583. The molecule has 0 radical (unpaired) electrons. The van der Waals surface area contributed by atoms with E-state index in [1.54, 1.807) is 18.3 Å². The summed E-state index contributed by atoms with van der Waals surface area (Å²) in [5.41, 5.74) is 5.56. The van der Waals surface area contributed by atoms with Gasteiger partial charge in [0.1, 0.15) is 17.1 Å². The van der Waals surface area contributed by atoms with Crippen LogP contribution >= 0.6 is 0 Å². The summed E-state index contributed by atoms with van der Waals surface area (Å²) < 4.78 is 1.87. The highest BCUT2D eigenvalue weighted by Gasteiger charge is 2.23. The highest BCUT2D eigenvalue weighted by Crippen LogP contribution is 2.24. The van der Waals surface area contributed by atoms with Gasteiger partial charge in [0, 0.05) is 25.5 Å². The number of phenols is 1. The number of pyridine rings is 1. The molecule has 28 heavy (non-hydrogen) atoms. The minimum atomic E-state index is -0.0443. The second-order valence-corrected chi connectivity index (χ2v) is 7.11. The van der Waals surface area contributed by atoms with E-state index in [-0.39, 0.29) is 11.7 Å². The molecule has 0 saturated heterocycles. The molecule has 5 rings (SSSR count). The van der Waals surface area contributed by atoms with Gasteiger partial charge in [0.05, 0.1) is 0 Å². The number of benzene rings is 2. The summed E-state index contributed by atoms with van der Waals surface area (Å²) in [6.45, 7) is 1.33. The van der Waals surface area contributed by atoms with Crippen molar-refractivity contribution in [3.8, 4) is 16.9 Å². The van der Waals surface area contributed by atoms with Gasteiger partial charge in [-0.15, -0.1) is 0 Å². The Labute approximate surface area is 162 Å². The first-order valence-corrected chi connectivity index (χ1v) is 9.31. The minimum absolute atomic E-state index is 0.0443. The van der Waals surface area contributed by atoms with Crippen LogP contribution in [-0.2, 0) is 13.0 Å². The molecule has 1 aliphatic heterocycles. The predicted octanol–water partition coefficient (Wildman–Crippen LogP) is 3.91. The van der Waals surface area contributed by atoms with Gasteiger partial charge in [-0.2, -0.15) is 0 Å². The summed E-state index contributed by atoms with van der Waals surface area (Å²) in [5.74, 6) is 0.182. The zero-order valence-corrected chi connectivity index (χ0v) is 15.2. The number of aromatic hydroxyl groups is 1. The van der Waals surface area contributed by atoms with Crippen LogP contribution in [-0.4, -0.2) is 31.8 Å². The van der Waals surface area contributed by atoms with Gasteiger partial charge in [0.2, 0.25) is 0 Å². The van der Waals surface area contributed by atoms with E-state index in [9.17, 15) is 9.90 Å². The lowest BCUT2D eigenvalue weighted by Crippen LogP contribution is -2.36. The number of hydrogen-bond donors (Lipinski definition) is 1. The molecule has 2 aromatic heterocycles. The summed E-state index contributed by atoms with van der Waals surface area (Å²) in [5, 5.41) is 9.71. The topological polar surface area (TPSA) is 57.8 Å². The van der Waals surface area contributed by atoms with Gasteiger partial charge in [-0.1, -0.05) is 36.4 Å². The van der Waals surface area contributed by atoms with Gasteiger partial charge in [0.25, 0.3) is 5.91 Å². The number of amides is 1. The highest BCUT2D eigenvalue weighted by molar-refractivity contribution is 5.93. The maximum atomic E-state index is 13.0. The molecule has 0 atom stereocenters. The van der Waals surface area contributed by atoms with E-state index in [0.29, 0.717) is 18.8 Å². The van der Waals surface area contributed by atoms with Crippen LogP contribution in [0.2, 0.25) is 0 Å². The number of aromatic nitrogens is 2. The highest BCUT2D eigenvalue weighted by atomic mass is 16.3. The number of rotatable bonds is 2. The lowest BCUT2D eigenvalue weighted by Gasteiger charge is -2.28. The first kappa shape index (κ1) is 16.6. The third kappa shape index (κ3) is 2.91. The van der Waals surface area contributed by atoms with Crippen molar-refractivity contribution in [3.63, 3.8) is 0 Å². The van der Waals surface area contributed by atoms with E-state index in [1.807, 2.05) is 51.9 Å². The fraction of sp³-hybridized carbons (Fsp3) is 0.130. The Morgan fingerprint density at radius 2 is 1.79 bits per heavy atom. The summed E-state index contributed by atoms with van der Waals surface area (Å²) >= 11 is 0. The summed E-state index contributed by atoms with van der Waals surface area (Å²) in [4.78, 5) is 19.4. The Kier molecular flexibility index (Phi) is 3.86. The number of imidazole rings is 1. The average molecular weight is 369 g/mol. The lowest BCUT2D eigenvalue weighted by atomic mass is 10.00. The van der Waals surface area contributed by atoms with E-state index >= 15 is 0 Å². The zero-order valence-electron chi connectivity index (χ0n) is 15.2. The average Bonchev–Trinajstić information content (AvgIpc) is 3.16. The molecule has 0 fully saturated rings. The van der Waals surface area contributed by atoms with Crippen molar-refractivity contribution in [3.05, 3.63) is 89.9 Å². The van der Waals surface area contributed by atoms with Gasteiger partial charge < -0.3 is 14.4 Å². The fourth-order valence-electron chi connectivity index (χ4n) is 3.78. The number of nitrogens with zero attached hydrogens (tertiary/aromatic N) is 3. The molecule has 5 heteroatoms. The second-order valence-electron chi connectivity index (χ2n) is 7.11. The Morgan fingerprint density at radius 1 is 0.929 bits per heavy atom. The molecule has 0 saturated carbocycles. The van der Waals surface area contributed by atoms with Crippen LogP contribution in [0, 0.1) is 0 Å². The number of phenolic OH excluding ortho intramolecular Hbond substituents is 1. The number of hydrogen-bond acceptors (Lipinski definition) is 3.